The van der Waals surface area contributed by atoms with Crippen molar-refractivity contribution in [2.45, 2.75) is 31.8 Å². The number of rotatable bonds is 5. The minimum atomic E-state index is -0.0966. The molecule has 2 N–H and O–H groups in total. The number of carbonyl (C=O) groups is 1. The lowest BCUT2D eigenvalue weighted by molar-refractivity contribution is 0.221. The molecule has 2 heterocycles. The normalized spacial score (nSPS) is 18.7. The summed E-state index contributed by atoms with van der Waals surface area (Å²) in [5.41, 5.74) is 3.97. The standard InChI is InChI=1S/C22H27N3O2/c26-22(24-20-11-15-27-21-9-4-3-8-19(20)21)23-12-5-13-25-14-10-17-6-1-2-7-18(17)16-25/h1-4,6-9,20H,5,10-16H2,(H2,23,24,26)/t20-/m0/s1. The van der Waals surface area contributed by atoms with Gasteiger partial charge < -0.3 is 15.4 Å². The minimum absolute atomic E-state index is 0.0218. The highest BCUT2D eigenvalue weighted by molar-refractivity contribution is 5.74. The van der Waals surface area contributed by atoms with Crippen LogP contribution in [-0.4, -0.2) is 37.2 Å². The van der Waals surface area contributed by atoms with Crippen LogP contribution in [0.25, 0.3) is 0 Å². The molecular weight excluding hydrogens is 338 g/mol. The molecule has 5 nitrogen and oxygen atoms in total. The molecule has 2 aliphatic heterocycles. The van der Waals surface area contributed by atoms with Gasteiger partial charge in [0.1, 0.15) is 5.75 Å². The van der Waals surface area contributed by atoms with Gasteiger partial charge in [-0.05, 0) is 30.0 Å². The molecule has 2 amide bonds. The van der Waals surface area contributed by atoms with Crippen LogP contribution in [0.1, 0.15) is 35.6 Å². The molecule has 0 bridgehead atoms. The van der Waals surface area contributed by atoms with E-state index in [1.807, 2.05) is 24.3 Å². The van der Waals surface area contributed by atoms with Crippen molar-refractivity contribution in [2.75, 3.05) is 26.2 Å². The number of hydrogen-bond donors (Lipinski definition) is 2. The monoisotopic (exact) mass is 365 g/mol. The first-order valence-electron chi connectivity index (χ1n) is 9.85. The number of nitrogens with one attached hydrogen (secondary N) is 2. The van der Waals surface area contributed by atoms with Crippen LogP contribution in [0.4, 0.5) is 4.79 Å². The minimum Gasteiger partial charge on any atom is -0.493 e. The van der Waals surface area contributed by atoms with Gasteiger partial charge in [-0.1, -0.05) is 42.5 Å². The second-order valence-corrected chi connectivity index (χ2v) is 7.28. The average molecular weight is 365 g/mol. The summed E-state index contributed by atoms with van der Waals surface area (Å²) in [6.07, 6.45) is 2.88. The fourth-order valence-corrected chi connectivity index (χ4v) is 3.95. The van der Waals surface area contributed by atoms with Crippen LogP contribution >= 0.6 is 0 Å². The topological polar surface area (TPSA) is 53.6 Å². The summed E-state index contributed by atoms with van der Waals surface area (Å²) in [5, 5.41) is 6.08. The Morgan fingerprint density at radius 2 is 1.93 bits per heavy atom. The average Bonchev–Trinajstić information content (AvgIpc) is 2.71. The number of fused-ring (bicyclic) bond motifs is 2. The number of para-hydroxylation sites is 1. The first-order valence-corrected chi connectivity index (χ1v) is 9.85. The van der Waals surface area contributed by atoms with E-state index in [-0.39, 0.29) is 12.1 Å². The second kappa shape index (κ2) is 8.44. The third-order valence-electron chi connectivity index (χ3n) is 5.41. The van der Waals surface area contributed by atoms with Crippen molar-refractivity contribution in [1.29, 1.82) is 0 Å². The summed E-state index contributed by atoms with van der Waals surface area (Å²) >= 11 is 0. The summed E-state index contributed by atoms with van der Waals surface area (Å²) in [5.74, 6) is 0.874. The van der Waals surface area contributed by atoms with Crippen LogP contribution in [-0.2, 0) is 13.0 Å². The molecule has 142 valence electrons. The van der Waals surface area contributed by atoms with Crippen molar-refractivity contribution in [2.24, 2.45) is 0 Å². The molecule has 1 atom stereocenters. The molecule has 2 aromatic rings. The molecule has 2 aromatic carbocycles. The fourth-order valence-electron chi connectivity index (χ4n) is 3.95. The van der Waals surface area contributed by atoms with Gasteiger partial charge in [0.2, 0.25) is 0 Å². The second-order valence-electron chi connectivity index (χ2n) is 7.28. The summed E-state index contributed by atoms with van der Waals surface area (Å²) < 4.78 is 5.65. The van der Waals surface area contributed by atoms with Gasteiger partial charge in [0.25, 0.3) is 0 Å². The summed E-state index contributed by atoms with van der Waals surface area (Å²) in [4.78, 5) is 14.7. The van der Waals surface area contributed by atoms with E-state index in [1.54, 1.807) is 0 Å². The highest BCUT2D eigenvalue weighted by atomic mass is 16.5. The van der Waals surface area contributed by atoms with Gasteiger partial charge in [0.05, 0.1) is 12.6 Å². The molecule has 0 saturated heterocycles. The number of ether oxygens (including phenoxy) is 1. The van der Waals surface area contributed by atoms with Crippen LogP contribution in [0.5, 0.6) is 5.75 Å². The Balaban J connectivity index is 1.19. The van der Waals surface area contributed by atoms with Gasteiger partial charge in [0, 0.05) is 38.2 Å². The summed E-state index contributed by atoms with van der Waals surface area (Å²) in [7, 11) is 0. The SMILES string of the molecule is O=C(NCCCN1CCc2ccccc2C1)N[C@H]1CCOc2ccccc21. The molecule has 4 rings (SSSR count). The Labute approximate surface area is 160 Å². The summed E-state index contributed by atoms with van der Waals surface area (Å²) in [6.45, 7) is 4.45. The zero-order valence-corrected chi connectivity index (χ0v) is 15.6. The first kappa shape index (κ1) is 17.9. The quantitative estimate of drug-likeness (QED) is 0.800. The molecule has 0 radical (unpaired) electrons. The Bertz CT molecular complexity index is 793. The maximum atomic E-state index is 12.3. The molecule has 0 spiro atoms. The maximum Gasteiger partial charge on any atom is 0.315 e. The largest absolute Gasteiger partial charge is 0.493 e. The number of nitrogens with zero attached hydrogens (tertiary/aromatic N) is 1. The van der Waals surface area contributed by atoms with Crippen molar-refractivity contribution in [3.05, 3.63) is 65.2 Å². The van der Waals surface area contributed by atoms with E-state index in [0.29, 0.717) is 13.2 Å². The van der Waals surface area contributed by atoms with Crippen LogP contribution < -0.4 is 15.4 Å². The van der Waals surface area contributed by atoms with E-state index in [1.165, 1.54) is 11.1 Å². The van der Waals surface area contributed by atoms with E-state index in [9.17, 15) is 4.79 Å². The molecule has 27 heavy (non-hydrogen) atoms. The van der Waals surface area contributed by atoms with Gasteiger partial charge >= 0.3 is 6.03 Å². The lowest BCUT2D eigenvalue weighted by Gasteiger charge is -2.29. The zero-order valence-electron chi connectivity index (χ0n) is 15.6. The molecule has 5 heteroatoms. The van der Waals surface area contributed by atoms with Crippen molar-refractivity contribution >= 4 is 6.03 Å². The smallest absolute Gasteiger partial charge is 0.315 e. The Hall–Kier alpha value is -2.53. The highest BCUT2D eigenvalue weighted by Gasteiger charge is 2.22. The third-order valence-corrected chi connectivity index (χ3v) is 5.41. The molecule has 0 saturated carbocycles. The van der Waals surface area contributed by atoms with Crippen LogP contribution in [0, 0.1) is 0 Å². The zero-order chi connectivity index (χ0) is 18.5. The Kier molecular flexibility index (Phi) is 5.58. The van der Waals surface area contributed by atoms with E-state index in [4.69, 9.17) is 4.74 Å². The lowest BCUT2D eigenvalue weighted by Crippen LogP contribution is -2.41. The van der Waals surface area contributed by atoms with E-state index >= 15 is 0 Å². The first-order chi connectivity index (χ1) is 13.3. The van der Waals surface area contributed by atoms with Crippen molar-refractivity contribution in [3.8, 4) is 5.75 Å². The highest BCUT2D eigenvalue weighted by Crippen LogP contribution is 2.31. The van der Waals surface area contributed by atoms with Gasteiger partial charge in [0.15, 0.2) is 0 Å². The molecular formula is C22H27N3O2. The third kappa shape index (κ3) is 4.42. The van der Waals surface area contributed by atoms with Crippen LogP contribution in [0.3, 0.4) is 0 Å². The van der Waals surface area contributed by atoms with Gasteiger partial charge in [-0.2, -0.15) is 0 Å². The van der Waals surface area contributed by atoms with Crippen LogP contribution in [0.2, 0.25) is 0 Å². The van der Waals surface area contributed by atoms with E-state index in [0.717, 1.165) is 50.2 Å². The van der Waals surface area contributed by atoms with Gasteiger partial charge in [-0.25, -0.2) is 4.79 Å². The van der Waals surface area contributed by atoms with Gasteiger partial charge in [-0.3, -0.25) is 4.90 Å². The van der Waals surface area contributed by atoms with Crippen molar-refractivity contribution in [1.82, 2.24) is 15.5 Å². The summed E-state index contributed by atoms with van der Waals surface area (Å²) in [6, 6.07) is 16.5. The number of benzene rings is 2. The number of hydrogen-bond acceptors (Lipinski definition) is 3. The molecule has 0 aromatic heterocycles. The molecule has 0 fully saturated rings. The predicted octanol–water partition coefficient (Wildman–Crippen LogP) is 3.26. The van der Waals surface area contributed by atoms with Crippen molar-refractivity contribution < 1.29 is 9.53 Å². The van der Waals surface area contributed by atoms with E-state index in [2.05, 4.69) is 39.8 Å². The van der Waals surface area contributed by atoms with Gasteiger partial charge in [-0.15, -0.1) is 0 Å². The van der Waals surface area contributed by atoms with Crippen LogP contribution in [0.15, 0.2) is 48.5 Å². The number of amides is 2. The maximum absolute atomic E-state index is 12.3. The number of urea groups is 1. The Morgan fingerprint density at radius 1 is 1.11 bits per heavy atom. The van der Waals surface area contributed by atoms with E-state index < -0.39 is 0 Å². The molecule has 0 aliphatic carbocycles. The molecule has 2 aliphatic rings. The van der Waals surface area contributed by atoms with Crippen molar-refractivity contribution in [3.63, 3.8) is 0 Å². The molecule has 0 unspecified atom stereocenters. The number of carbonyl (C=O) groups excluding carboxylic acids is 1. The Morgan fingerprint density at radius 3 is 2.85 bits per heavy atom. The predicted molar refractivity (Wildman–Crippen MR) is 106 cm³/mol. The fraction of sp³-hybridized carbons (Fsp3) is 0.409. The lowest BCUT2D eigenvalue weighted by atomic mass is 10.00.